The maximum Gasteiger partial charge on any atom is 0.433 e. The normalized spacial score (nSPS) is 11.8. The molecule has 0 bridgehead atoms. The maximum absolute atomic E-state index is 12.8. The molecule has 0 spiro atoms. The van der Waals surface area contributed by atoms with E-state index in [2.05, 4.69) is 25.9 Å². The Hall–Kier alpha value is -0.660. The molecule has 0 N–H and O–H groups in total. The van der Waals surface area contributed by atoms with E-state index < -0.39 is 11.9 Å². The molecule has 2 aromatic heterocycles. The van der Waals surface area contributed by atoms with Gasteiger partial charge in [-0.25, -0.2) is 9.97 Å². The lowest BCUT2D eigenvalue weighted by Crippen LogP contribution is -2.12. The van der Waals surface area contributed by atoms with Crippen LogP contribution < -0.4 is 0 Å². The lowest BCUT2D eigenvalue weighted by molar-refractivity contribution is -0.141. The van der Waals surface area contributed by atoms with E-state index in [9.17, 15) is 13.2 Å². The minimum atomic E-state index is -4.53. The Labute approximate surface area is 118 Å². The van der Waals surface area contributed by atoms with E-state index in [0.29, 0.717) is 4.88 Å². The summed E-state index contributed by atoms with van der Waals surface area (Å²) < 4.78 is 39.1. The van der Waals surface area contributed by atoms with Crippen molar-refractivity contribution in [1.29, 1.82) is 0 Å². The molecule has 0 aromatic carbocycles. The van der Waals surface area contributed by atoms with Gasteiger partial charge in [0.15, 0.2) is 11.5 Å². The molecule has 8 heteroatoms. The zero-order valence-corrected chi connectivity index (χ0v) is 11.8. The molecular weight excluding hydrogens is 353 g/mol. The smallest absolute Gasteiger partial charge is 0.236 e. The van der Waals surface area contributed by atoms with Crippen LogP contribution in [0.5, 0.6) is 0 Å². The van der Waals surface area contributed by atoms with E-state index in [1.54, 1.807) is 11.4 Å². The first kappa shape index (κ1) is 13.8. The highest BCUT2D eigenvalue weighted by Crippen LogP contribution is 2.34. The molecule has 2 nitrogen and oxygen atoms in total. The minimum Gasteiger partial charge on any atom is -0.236 e. The van der Waals surface area contributed by atoms with Crippen LogP contribution in [0.1, 0.15) is 11.3 Å². The van der Waals surface area contributed by atoms with Gasteiger partial charge in [-0.15, -0.1) is 22.9 Å². The lowest BCUT2D eigenvalue weighted by atomic mass is 10.2. The fourth-order valence-electron chi connectivity index (χ4n) is 1.30. The third-order valence-corrected chi connectivity index (χ3v) is 4.04. The fraction of sp³-hybridized carbons (Fsp3) is 0.200. The average Bonchev–Trinajstić information content (AvgIpc) is 2.74. The number of aromatic nitrogens is 2. The summed E-state index contributed by atoms with van der Waals surface area (Å²) in [7, 11) is 0. The highest BCUT2D eigenvalue weighted by Gasteiger charge is 2.36. The van der Waals surface area contributed by atoms with Crippen LogP contribution in [0.4, 0.5) is 13.2 Å². The van der Waals surface area contributed by atoms with Gasteiger partial charge in [0.25, 0.3) is 0 Å². The maximum atomic E-state index is 12.8. The quantitative estimate of drug-likeness (QED) is 0.727. The Morgan fingerprint density at radius 2 is 2.11 bits per heavy atom. The van der Waals surface area contributed by atoms with Gasteiger partial charge >= 0.3 is 6.18 Å². The Bertz CT molecular complexity index is 570. The predicted molar refractivity (Wildman–Crippen MR) is 67.6 cm³/mol. The highest BCUT2D eigenvalue weighted by atomic mass is 79.9. The van der Waals surface area contributed by atoms with E-state index in [1.807, 2.05) is 0 Å². The summed E-state index contributed by atoms with van der Waals surface area (Å²) in [6.45, 7) is 0. The second-order valence-corrected chi connectivity index (χ2v) is 5.42. The summed E-state index contributed by atoms with van der Waals surface area (Å²) in [5.74, 6) is -0.226. The van der Waals surface area contributed by atoms with Crippen molar-refractivity contribution in [1.82, 2.24) is 9.97 Å². The zero-order valence-electron chi connectivity index (χ0n) is 8.63. The number of nitrogens with zero attached hydrogens (tertiary/aromatic N) is 2. The summed E-state index contributed by atoms with van der Waals surface area (Å²) in [5.41, 5.74) is -1.10. The zero-order chi connectivity index (χ0) is 13.3. The lowest BCUT2D eigenvalue weighted by Gasteiger charge is -2.10. The van der Waals surface area contributed by atoms with Crippen LogP contribution in [-0.4, -0.2) is 9.97 Å². The van der Waals surface area contributed by atoms with Crippen LogP contribution in [0.2, 0.25) is 0 Å². The predicted octanol–water partition coefficient (Wildman–Crippen LogP) is 4.73. The average molecular weight is 358 g/mol. The number of alkyl halides is 4. The molecule has 2 rings (SSSR count). The first-order valence-corrected chi connectivity index (χ1v) is 6.86. The molecule has 0 saturated carbocycles. The summed E-state index contributed by atoms with van der Waals surface area (Å²) in [6, 6.07) is 1.67. The third-order valence-electron chi connectivity index (χ3n) is 2.06. The second-order valence-electron chi connectivity index (χ2n) is 3.33. The van der Waals surface area contributed by atoms with Gasteiger partial charge < -0.3 is 0 Å². The Morgan fingerprint density at radius 3 is 2.61 bits per heavy atom. The molecule has 0 aliphatic heterocycles. The monoisotopic (exact) mass is 356 g/mol. The summed E-state index contributed by atoms with van der Waals surface area (Å²) in [4.78, 5) is 8.03. The van der Waals surface area contributed by atoms with E-state index in [1.165, 1.54) is 11.3 Å². The SMILES string of the molecule is FC(F)(F)c1nc(-c2cc(Br)cs2)ncc1CCl. The molecule has 0 amide bonds. The van der Waals surface area contributed by atoms with Crippen LogP contribution >= 0.6 is 38.9 Å². The molecule has 0 fully saturated rings. The largest absolute Gasteiger partial charge is 0.433 e. The van der Waals surface area contributed by atoms with Crippen molar-refractivity contribution in [3.63, 3.8) is 0 Å². The van der Waals surface area contributed by atoms with Gasteiger partial charge in [-0.1, -0.05) is 0 Å². The minimum absolute atomic E-state index is 0.0480. The Morgan fingerprint density at radius 1 is 1.39 bits per heavy atom. The molecule has 0 aliphatic carbocycles. The molecular formula is C10H5BrClF3N2S. The Kier molecular flexibility index (Phi) is 3.93. The number of hydrogen-bond donors (Lipinski definition) is 0. The van der Waals surface area contributed by atoms with Gasteiger partial charge in [0.2, 0.25) is 0 Å². The fourth-order valence-corrected chi connectivity index (χ4v) is 2.86. The number of thiophene rings is 1. The van der Waals surface area contributed by atoms with Gasteiger partial charge in [0.05, 0.1) is 10.8 Å². The van der Waals surface area contributed by atoms with Gasteiger partial charge in [0.1, 0.15) is 0 Å². The van der Waals surface area contributed by atoms with Crippen molar-refractivity contribution < 1.29 is 13.2 Å². The molecule has 0 unspecified atom stereocenters. The van der Waals surface area contributed by atoms with E-state index >= 15 is 0 Å². The molecule has 0 aliphatic rings. The topological polar surface area (TPSA) is 25.8 Å². The highest BCUT2D eigenvalue weighted by molar-refractivity contribution is 9.10. The summed E-state index contributed by atoms with van der Waals surface area (Å²) >= 11 is 9.95. The van der Waals surface area contributed by atoms with Crippen molar-refractivity contribution in [2.24, 2.45) is 0 Å². The molecule has 2 aromatic rings. The van der Waals surface area contributed by atoms with Crippen LogP contribution in [-0.2, 0) is 12.1 Å². The first-order chi connectivity index (χ1) is 8.41. The second kappa shape index (κ2) is 5.14. The molecule has 0 radical (unpaired) electrons. The number of rotatable bonds is 2. The van der Waals surface area contributed by atoms with Crippen LogP contribution in [0.25, 0.3) is 10.7 Å². The van der Waals surface area contributed by atoms with Crippen molar-refractivity contribution in [3.8, 4) is 10.7 Å². The molecule has 0 saturated heterocycles. The molecule has 2 heterocycles. The van der Waals surface area contributed by atoms with Gasteiger partial charge in [-0.05, 0) is 22.0 Å². The van der Waals surface area contributed by atoms with Crippen LogP contribution in [0, 0.1) is 0 Å². The number of hydrogen-bond acceptors (Lipinski definition) is 3. The van der Waals surface area contributed by atoms with E-state index in [0.717, 1.165) is 10.7 Å². The van der Waals surface area contributed by atoms with Crippen LogP contribution in [0.3, 0.4) is 0 Å². The van der Waals surface area contributed by atoms with E-state index in [4.69, 9.17) is 11.6 Å². The van der Waals surface area contributed by atoms with Crippen LogP contribution in [0.15, 0.2) is 22.1 Å². The van der Waals surface area contributed by atoms with Gasteiger partial charge in [0, 0.05) is 21.6 Å². The van der Waals surface area contributed by atoms with Gasteiger partial charge in [-0.3, -0.25) is 0 Å². The Balaban J connectivity index is 2.52. The number of halogens is 5. The summed E-state index contributed by atoms with van der Waals surface area (Å²) in [5, 5.41) is 1.75. The molecule has 96 valence electrons. The van der Waals surface area contributed by atoms with Crippen molar-refractivity contribution in [2.75, 3.05) is 0 Å². The van der Waals surface area contributed by atoms with Crippen molar-refractivity contribution >= 4 is 38.9 Å². The first-order valence-electron chi connectivity index (χ1n) is 4.65. The van der Waals surface area contributed by atoms with E-state index in [-0.39, 0.29) is 17.3 Å². The van der Waals surface area contributed by atoms with Crippen molar-refractivity contribution in [3.05, 3.63) is 33.4 Å². The third kappa shape index (κ3) is 2.84. The summed E-state index contributed by atoms with van der Waals surface area (Å²) in [6.07, 6.45) is -3.41. The van der Waals surface area contributed by atoms with Gasteiger partial charge in [-0.2, -0.15) is 13.2 Å². The standard InChI is InChI=1S/C10H5BrClF3N2S/c11-6-1-7(18-4-6)9-16-3-5(2-12)8(17-9)10(13,14)15/h1,3-4H,2H2. The molecule has 18 heavy (non-hydrogen) atoms. The molecule has 0 atom stereocenters. The van der Waals surface area contributed by atoms with Crippen molar-refractivity contribution in [2.45, 2.75) is 12.1 Å².